The largest absolute Gasteiger partial charge is 0.382 e. The molecule has 1 fully saturated rings. The highest BCUT2D eigenvalue weighted by molar-refractivity contribution is 5.46. The number of hydrogen-bond donors (Lipinski definition) is 1. The third-order valence-corrected chi connectivity index (χ3v) is 4.21. The van der Waals surface area contributed by atoms with Gasteiger partial charge in [-0.2, -0.15) is 5.10 Å². The van der Waals surface area contributed by atoms with E-state index in [9.17, 15) is 0 Å². The van der Waals surface area contributed by atoms with Crippen LogP contribution < -0.4 is 5.32 Å². The van der Waals surface area contributed by atoms with Crippen molar-refractivity contribution in [3.8, 4) is 0 Å². The van der Waals surface area contributed by atoms with Gasteiger partial charge in [-0.05, 0) is 30.5 Å². The number of anilines is 1. The van der Waals surface area contributed by atoms with Crippen molar-refractivity contribution >= 4 is 5.69 Å². The van der Waals surface area contributed by atoms with E-state index in [1.54, 1.807) is 12.7 Å². The number of aromatic nitrogens is 3. The molecule has 112 valence electrons. The minimum absolute atomic E-state index is 0.631. The van der Waals surface area contributed by atoms with Crippen LogP contribution in [0.3, 0.4) is 0 Å². The van der Waals surface area contributed by atoms with Crippen molar-refractivity contribution in [1.82, 2.24) is 14.8 Å². The van der Waals surface area contributed by atoms with Gasteiger partial charge in [-0.1, -0.05) is 44.2 Å². The van der Waals surface area contributed by atoms with Crippen molar-refractivity contribution in [2.45, 2.75) is 57.5 Å². The van der Waals surface area contributed by atoms with Gasteiger partial charge in [-0.15, -0.1) is 0 Å². The molecule has 4 heteroatoms. The quantitative estimate of drug-likeness (QED) is 0.927. The van der Waals surface area contributed by atoms with Gasteiger partial charge in [0.05, 0.1) is 6.54 Å². The van der Waals surface area contributed by atoms with Crippen LogP contribution >= 0.6 is 0 Å². The maximum atomic E-state index is 4.16. The van der Waals surface area contributed by atoms with Crippen LogP contribution in [0.15, 0.2) is 36.9 Å². The Bertz CT molecular complexity index is 527. The van der Waals surface area contributed by atoms with Crippen LogP contribution in [0, 0.1) is 0 Å². The summed E-state index contributed by atoms with van der Waals surface area (Å²) >= 11 is 0. The second-order valence-corrected chi connectivity index (χ2v) is 5.98. The maximum Gasteiger partial charge on any atom is 0.137 e. The summed E-state index contributed by atoms with van der Waals surface area (Å²) in [6.07, 6.45) is 12.9. The molecule has 3 rings (SSSR count). The van der Waals surface area contributed by atoms with Crippen LogP contribution in [-0.4, -0.2) is 20.8 Å². The van der Waals surface area contributed by atoms with Crippen molar-refractivity contribution in [2.75, 3.05) is 5.32 Å². The van der Waals surface area contributed by atoms with E-state index in [1.807, 2.05) is 4.68 Å². The Morgan fingerprint density at radius 1 is 1.10 bits per heavy atom. The molecule has 0 unspecified atom stereocenters. The highest BCUT2D eigenvalue weighted by atomic mass is 15.3. The molecule has 1 aliphatic rings. The van der Waals surface area contributed by atoms with Gasteiger partial charge in [-0.25, -0.2) is 9.67 Å². The molecular formula is C17H24N4. The molecule has 21 heavy (non-hydrogen) atoms. The Labute approximate surface area is 126 Å². The summed E-state index contributed by atoms with van der Waals surface area (Å²) in [4.78, 5) is 3.99. The van der Waals surface area contributed by atoms with Gasteiger partial charge >= 0.3 is 0 Å². The molecule has 0 aliphatic heterocycles. The van der Waals surface area contributed by atoms with E-state index in [4.69, 9.17) is 0 Å². The Morgan fingerprint density at radius 3 is 2.67 bits per heavy atom. The van der Waals surface area contributed by atoms with Crippen LogP contribution in [0.4, 0.5) is 5.69 Å². The number of benzene rings is 1. The van der Waals surface area contributed by atoms with Gasteiger partial charge in [0.1, 0.15) is 12.7 Å². The Hall–Kier alpha value is -1.84. The lowest BCUT2D eigenvalue weighted by Crippen LogP contribution is -2.20. The molecule has 1 heterocycles. The Morgan fingerprint density at radius 2 is 1.90 bits per heavy atom. The highest BCUT2D eigenvalue weighted by Crippen LogP contribution is 2.21. The number of rotatable bonds is 4. The van der Waals surface area contributed by atoms with Crippen LogP contribution in [0.25, 0.3) is 0 Å². The first-order valence-corrected chi connectivity index (χ1v) is 8.08. The topological polar surface area (TPSA) is 42.7 Å². The fourth-order valence-electron chi connectivity index (χ4n) is 3.10. The molecule has 1 aliphatic carbocycles. The average Bonchev–Trinajstić information content (AvgIpc) is 2.95. The summed E-state index contributed by atoms with van der Waals surface area (Å²) in [6, 6.07) is 9.30. The molecule has 1 N–H and O–H groups in total. The molecule has 0 radical (unpaired) electrons. The summed E-state index contributed by atoms with van der Waals surface area (Å²) in [7, 11) is 0. The Kier molecular flexibility index (Phi) is 4.87. The molecule has 0 spiro atoms. The SMILES string of the molecule is c1cc(Cn2cncn2)cc(NC2CCCCCCC2)c1. The predicted octanol–water partition coefficient (Wildman–Crippen LogP) is 3.85. The van der Waals surface area contributed by atoms with E-state index in [2.05, 4.69) is 39.7 Å². The summed E-state index contributed by atoms with van der Waals surface area (Å²) < 4.78 is 1.86. The van der Waals surface area contributed by atoms with E-state index < -0.39 is 0 Å². The summed E-state index contributed by atoms with van der Waals surface area (Å²) in [5.41, 5.74) is 2.49. The first-order valence-electron chi connectivity index (χ1n) is 8.08. The molecule has 0 bridgehead atoms. The molecule has 0 saturated heterocycles. The van der Waals surface area contributed by atoms with Gasteiger partial charge in [0.25, 0.3) is 0 Å². The molecular weight excluding hydrogens is 260 g/mol. The fourth-order valence-corrected chi connectivity index (χ4v) is 3.10. The van der Waals surface area contributed by atoms with E-state index in [0.717, 1.165) is 6.54 Å². The third-order valence-electron chi connectivity index (χ3n) is 4.21. The van der Waals surface area contributed by atoms with Crippen molar-refractivity contribution in [3.05, 3.63) is 42.5 Å². The minimum Gasteiger partial charge on any atom is -0.382 e. The number of nitrogens with zero attached hydrogens (tertiary/aromatic N) is 3. The molecule has 0 atom stereocenters. The van der Waals surface area contributed by atoms with E-state index in [1.165, 1.54) is 56.2 Å². The molecule has 2 aromatic rings. The smallest absolute Gasteiger partial charge is 0.137 e. The van der Waals surface area contributed by atoms with Gasteiger partial charge in [-0.3, -0.25) is 0 Å². The fraction of sp³-hybridized carbons (Fsp3) is 0.529. The molecule has 4 nitrogen and oxygen atoms in total. The van der Waals surface area contributed by atoms with Crippen molar-refractivity contribution in [1.29, 1.82) is 0 Å². The summed E-state index contributed by atoms with van der Waals surface area (Å²) in [6.45, 7) is 0.778. The van der Waals surface area contributed by atoms with Crippen LogP contribution in [0.5, 0.6) is 0 Å². The monoisotopic (exact) mass is 284 g/mol. The second-order valence-electron chi connectivity index (χ2n) is 5.98. The van der Waals surface area contributed by atoms with E-state index in [0.29, 0.717) is 6.04 Å². The van der Waals surface area contributed by atoms with Gasteiger partial charge < -0.3 is 5.32 Å². The van der Waals surface area contributed by atoms with Crippen molar-refractivity contribution in [3.63, 3.8) is 0 Å². The lowest BCUT2D eigenvalue weighted by Gasteiger charge is -2.22. The molecule has 0 amide bonds. The maximum absolute atomic E-state index is 4.16. The lowest BCUT2D eigenvalue weighted by molar-refractivity contribution is 0.471. The zero-order chi connectivity index (χ0) is 14.3. The first-order chi connectivity index (χ1) is 10.4. The molecule has 1 aromatic heterocycles. The van der Waals surface area contributed by atoms with Crippen molar-refractivity contribution in [2.24, 2.45) is 0 Å². The first kappa shape index (κ1) is 14.1. The predicted molar refractivity (Wildman–Crippen MR) is 85.3 cm³/mol. The number of nitrogens with one attached hydrogen (secondary N) is 1. The van der Waals surface area contributed by atoms with E-state index >= 15 is 0 Å². The normalized spacial score (nSPS) is 17.1. The third kappa shape index (κ3) is 4.31. The standard InChI is InChI=1S/C17H24N4/c1-2-4-8-16(9-5-3-1)20-17-10-6-7-15(11-17)12-21-14-18-13-19-21/h6-7,10-11,13-14,16,20H,1-5,8-9,12H2. The summed E-state index contributed by atoms with van der Waals surface area (Å²) in [5, 5.41) is 7.89. The van der Waals surface area contributed by atoms with E-state index in [-0.39, 0.29) is 0 Å². The number of hydrogen-bond acceptors (Lipinski definition) is 3. The average molecular weight is 284 g/mol. The van der Waals surface area contributed by atoms with Crippen LogP contribution in [-0.2, 0) is 6.54 Å². The van der Waals surface area contributed by atoms with Crippen LogP contribution in [0.1, 0.15) is 50.5 Å². The summed E-state index contributed by atoms with van der Waals surface area (Å²) in [5.74, 6) is 0. The van der Waals surface area contributed by atoms with Crippen LogP contribution in [0.2, 0.25) is 0 Å². The zero-order valence-corrected chi connectivity index (χ0v) is 12.5. The lowest BCUT2D eigenvalue weighted by atomic mass is 9.96. The van der Waals surface area contributed by atoms with Gasteiger partial charge in [0.15, 0.2) is 0 Å². The molecule has 1 saturated carbocycles. The highest BCUT2D eigenvalue weighted by Gasteiger charge is 2.11. The zero-order valence-electron chi connectivity index (χ0n) is 12.5. The van der Waals surface area contributed by atoms with Crippen molar-refractivity contribution < 1.29 is 0 Å². The molecule has 1 aromatic carbocycles. The second kappa shape index (κ2) is 7.25. The Balaban J connectivity index is 1.62. The minimum atomic E-state index is 0.631. The van der Waals surface area contributed by atoms with Gasteiger partial charge in [0, 0.05) is 11.7 Å². The van der Waals surface area contributed by atoms with Gasteiger partial charge in [0.2, 0.25) is 0 Å².